The predicted octanol–water partition coefficient (Wildman–Crippen LogP) is 1.81. The molecule has 0 aliphatic heterocycles. The van der Waals surface area contributed by atoms with Crippen molar-refractivity contribution in [2.45, 2.75) is 18.6 Å². The van der Waals surface area contributed by atoms with Crippen molar-refractivity contribution in [3.05, 3.63) is 71.8 Å². The molecule has 0 spiro atoms. The minimum Gasteiger partial charge on any atom is -0.458 e. The lowest BCUT2D eigenvalue weighted by molar-refractivity contribution is -0.0225. The van der Waals surface area contributed by atoms with E-state index in [0.717, 1.165) is 0 Å². The molecule has 2 atom stereocenters. The lowest BCUT2D eigenvalue weighted by atomic mass is 10.1. The van der Waals surface area contributed by atoms with Crippen LogP contribution in [0.5, 0.6) is 0 Å². The molecule has 2 unspecified atom stereocenters. The molecular weight excluding hydrogens is 324 g/mol. The summed E-state index contributed by atoms with van der Waals surface area (Å²) in [4.78, 5) is 24.1. The van der Waals surface area contributed by atoms with Crippen LogP contribution in [0.1, 0.15) is 27.1 Å². The fourth-order valence-corrected chi connectivity index (χ4v) is 2.15. The van der Waals surface area contributed by atoms with Gasteiger partial charge in [-0.3, -0.25) is 0 Å². The molecule has 6 heteroatoms. The summed E-state index contributed by atoms with van der Waals surface area (Å²) in [6.07, 6.45) is -2.00. The summed E-state index contributed by atoms with van der Waals surface area (Å²) in [6, 6.07) is 16.8. The molecule has 0 fully saturated rings. The molecule has 0 radical (unpaired) electrons. The van der Waals surface area contributed by atoms with Gasteiger partial charge in [0.15, 0.2) is 0 Å². The molecule has 2 rings (SSSR count). The van der Waals surface area contributed by atoms with E-state index in [1.807, 2.05) is 0 Å². The van der Waals surface area contributed by atoms with Crippen LogP contribution in [0.15, 0.2) is 60.7 Å². The molecule has 0 amide bonds. The number of hydrogen-bond acceptors (Lipinski definition) is 6. The first-order chi connectivity index (χ1) is 12.1. The van der Waals surface area contributed by atoms with Crippen LogP contribution in [0.25, 0.3) is 0 Å². The van der Waals surface area contributed by atoms with E-state index in [1.165, 1.54) is 0 Å². The van der Waals surface area contributed by atoms with Crippen LogP contribution in [0, 0.1) is 0 Å². The van der Waals surface area contributed by atoms with Gasteiger partial charge in [0.2, 0.25) is 0 Å². The van der Waals surface area contributed by atoms with E-state index < -0.39 is 30.8 Å². The zero-order valence-electron chi connectivity index (χ0n) is 13.6. The monoisotopic (exact) mass is 344 g/mol. The highest BCUT2D eigenvalue weighted by Gasteiger charge is 2.21. The standard InChI is InChI=1S/C19H20O6/c20-12-16(21)11-17(25-19(23)15-9-5-2-6-10-15)13-24-18(22)14-7-3-1-4-8-14/h1-10,16-17,20-21H,11-13H2. The first-order valence-electron chi connectivity index (χ1n) is 7.87. The maximum atomic E-state index is 12.1. The first-order valence-corrected chi connectivity index (χ1v) is 7.87. The Morgan fingerprint density at radius 3 is 1.92 bits per heavy atom. The van der Waals surface area contributed by atoms with Crippen LogP contribution in [0.4, 0.5) is 0 Å². The topological polar surface area (TPSA) is 93.1 Å². The lowest BCUT2D eigenvalue weighted by Crippen LogP contribution is -2.30. The molecule has 2 N–H and O–H groups in total. The van der Waals surface area contributed by atoms with Crippen molar-refractivity contribution in [2.24, 2.45) is 0 Å². The number of ether oxygens (including phenoxy) is 2. The Morgan fingerprint density at radius 2 is 1.40 bits per heavy atom. The zero-order chi connectivity index (χ0) is 18.1. The normalized spacial score (nSPS) is 12.9. The van der Waals surface area contributed by atoms with E-state index in [-0.39, 0.29) is 13.0 Å². The van der Waals surface area contributed by atoms with Gasteiger partial charge in [-0.05, 0) is 24.3 Å². The van der Waals surface area contributed by atoms with Gasteiger partial charge in [-0.25, -0.2) is 9.59 Å². The van der Waals surface area contributed by atoms with Crippen molar-refractivity contribution < 1.29 is 29.3 Å². The largest absolute Gasteiger partial charge is 0.458 e. The van der Waals surface area contributed by atoms with E-state index in [1.54, 1.807) is 60.7 Å². The number of carbonyl (C=O) groups is 2. The summed E-state index contributed by atoms with van der Waals surface area (Å²) < 4.78 is 10.5. The molecule has 132 valence electrons. The fraction of sp³-hybridized carbons (Fsp3) is 0.263. The Bertz CT molecular complexity index is 671. The average Bonchev–Trinajstić information content (AvgIpc) is 2.67. The Balaban J connectivity index is 1.98. The molecule has 0 bridgehead atoms. The Morgan fingerprint density at radius 1 is 0.880 bits per heavy atom. The van der Waals surface area contributed by atoms with Gasteiger partial charge >= 0.3 is 11.9 Å². The molecule has 2 aromatic carbocycles. The van der Waals surface area contributed by atoms with Gasteiger partial charge in [-0.1, -0.05) is 36.4 Å². The summed E-state index contributed by atoms with van der Waals surface area (Å²) in [7, 11) is 0. The quantitative estimate of drug-likeness (QED) is 0.710. The van der Waals surface area contributed by atoms with Crippen molar-refractivity contribution >= 4 is 11.9 Å². The second-order valence-corrected chi connectivity index (χ2v) is 5.43. The number of carbonyl (C=O) groups excluding carboxylic acids is 2. The van der Waals surface area contributed by atoms with Crippen molar-refractivity contribution in [1.82, 2.24) is 0 Å². The highest BCUT2D eigenvalue weighted by Crippen LogP contribution is 2.11. The maximum Gasteiger partial charge on any atom is 0.338 e. The van der Waals surface area contributed by atoms with Crippen LogP contribution in [-0.4, -0.2) is 47.6 Å². The summed E-state index contributed by atoms with van der Waals surface area (Å²) >= 11 is 0. The van der Waals surface area contributed by atoms with E-state index in [2.05, 4.69) is 0 Å². The third-order valence-electron chi connectivity index (χ3n) is 3.44. The summed E-state index contributed by atoms with van der Waals surface area (Å²) in [6.45, 7) is -0.699. The number of benzene rings is 2. The van der Waals surface area contributed by atoms with Crippen molar-refractivity contribution in [3.63, 3.8) is 0 Å². The van der Waals surface area contributed by atoms with Crippen molar-refractivity contribution in [3.8, 4) is 0 Å². The van der Waals surface area contributed by atoms with Gasteiger partial charge in [0.25, 0.3) is 0 Å². The van der Waals surface area contributed by atoms with Gasteiger partial charge in [0.05, 0.1) is 23.8 Å². The Hall–Kier alpha value is -2.70. The van der Waals surface area contributed by atoms with Crippen molar-refractivity contribution in [2.75, 3.05) is 13.2 Å². The van der Waals surface area contributed by atoms with Crippen LogP contribution >= 0.6 is 0 Å². The first kappa shape index (κ1) is 18.6. The number of esters is 2. The molecule has 2 aromatic rings. The second-order valence-electron chi connectivity index (χ2n) is 5.43. The Kier molecular flexibility index (Phi) is 7.13. The highest BCUT2D eigenvalue weighted by atomic mass is 16.6. The molecule has 0 saturated carbocycles. The van der Waals surface area contributed by atoms with Crippen molar-refractivity contribution in [1.29, 1.82) is 0 Å². The second kappa shape index (κ2) is 9.56. The molecule has 0 heterocycles. The smallest absolute Gasteiger partial charge is 0.338 e. The van der Waals surface area contributed by atoms with Crippen LogP contribution < -0.4 is 0 Å². The molecule has 0 aliphatic rings. The van der Waals surface area contributed by atoms with Crippen LogP contribution in [0.3, 0.4) is 0 Å². The number of aliphatic hydroxyl groups is 2. The number of aliphatic hydroxyl groups excluding tert-OH is 2. The lowest BCUT2D eigenvalue weighted by Gasteiger charge is -2.20. The fourth-order valence-electron chi connectivity index (χ4n) is 2.15. The van der Waals surface area contributed by atoms with Crippen LogP contribution in [0.2, 0.25) is 0 Å². The summed E-state index contributed by atoms with van der Waals surface area (Å²) in [5.74, 6) is -1.15. The highest BCUT2D eigenvalue weighted by molar-refractivity contribution is 5.90. The number of hydrogen-bond donors (Lipinski definition) is 2. The predicted molar refractivity (Wildman–Crippen MR) is 90.1 cm³/mol. The molecular formula is C19H20O6. The van der Waals surface area contributed by atoms with Gasteiger partial charge in [0, 0.05) is 6.42 Å². The Labute approximate surface area is 145 Å². The van der Waals surface area contributed by atoms with E-state index in [0.29, 0.717) is 11.1 Å². The van der Waals surface area contributed by atoms with E-state index in [9.17, 15) is 14.7 Å². The molecule has 25 heavy (non-hydrogen) atoms. The average molecular weight is 344 g/mol. The number of rotatable bonds is 8. The molecule has 0 saturated heterocycles. The van der Waals surface area contributed by atoms with E-state index >= 15 is 0 Å². The molecule has 6 nitrogen and oxygen atoms in total. The summed E-state index contributed by atoms with van der Waals surface area (Å²) in [5.41, 5.74) is 0.721. The maximum absolute atomic E-state index is 12.1. The SMILES string of the molecule is O=C(OCC(CC(O)CO)OC(=O)c1ccccc1)c1ccccc1. The van der Waals surface area contributed by atoms with Gasteiger partial charge in [-0.15, -0.1) is 0 Å². The molecule has 0 aromatic heterocycles. The van der Waals surface area contributed by atoms with Gasteiger partial charge in [-0.2, -0.15) is 0 Å². The zero-order valence-corrected chi connectivity index (χ0v) is 13.6. The summed E-state index contributed by atoms with van der Waals surface area (Å²) in [5, 5.41) is 18.6. The van der Waals surface area contributed by atoms with Gasteiger partial charge in [0.1, 0.15) is 12.7 Å². The van der Waals surface area contributed by atoms with Crippen LogP contribution in [-0.2, 0) is 9.47 Å². The third kappa shape index (κ3) is 6.02. The minimum atomic E-state index is -1.08. The molecule has 0 aliphatic carbocycles. The minimum absolute atomic E-state index is 0.0445. The van der Waals surface area contributed by atoms with Gasteiger partial charge < -0.3 is 19.7 Å². The van der Waals surface area contributed by atoms with E-state index in [4.69, 9.17) is 14.6 Å². The third-order valence-corrected chi connectivity index (χ3v) is 3.44.